The molecule has 0 aromatic heterocycles. The highest BCUT2D eigenvalue weighted by Crippen LogP contribution is 2.47. The lowest BCUT2D eigenvalue weighted by Gasteiger charge is -2.19. The van der Waals surface area contributed by atoms with Gasteiger partial charge in [-0.3, -0.25) is 9.59 Å². The van der Waals surface area contributed by atoms with Crippen molar-refractivity contribution in [2.24, 2.45) is 5.41 Å². The van der Waals surface area contributed by atoms with E-state index >= 15 is 0 Å². The van der Waals surface area contributed by atoms with Gasteiger partial charge in [-0.05, 0) is 37.8 Å². The number of amides is 2. The number of benzene rings is 1. The quantitative estimate of drug-likeness (QED) is 0.785. The SMILES string of the molecule is COc1ccc(OC)c(NC(=O)C2(C(=O)NC3CCCC3)CC2)c1. The predicted molar refractivity (Wildman–Crippen MR) is 90.2 cm³/mol. The zero-order chi connectivity index (χ0) is 17.2. The Morgan fingerprint density at radius 2 is 1.79 bits per heavy atom. The number of hydrogen-bond donors (Lipinski definition) is 2. The maximum atomic E-state index is 12.7. The number of hydrogen-bond acceptors (Lipinski definition) is 4. The summed E-state index contributed by atoms with van der Waals surface area (Å²) in [7, 11) is 3.10. The molecule has 1 aromatic rings. The molecule has 0 saturated heterocycles. The molecule has 6 nitrogen and oxygen atoms in total. The monoisotopic (exact) mass is 332 g/mol. The van der Waals surface area contributed by atoms with Crippen LogP contribution in [0, 0.1) is 5.41 Å². The maximum Gasteiger partial charge on any atom is 0.240 e. The fourth-order valence-corrected chi connectivity index (χ4v) is 3.23. The highest BCUT2D eigenvalue weighted by molar-refractivity contribution is 6.13. The zero-order valence-electron chi connectivity index (χ0n) is 14.2. The van der Waals surface area contributed by atoms with Crippen molar-refractivity contribution >= 4 is 17.5 Å². The molecule has 130 valence electrons. The lowest BCUT2D eigenvalue weighted by atomic mass is 10.0. The number of carbonyl (C=O) groups is 2. The van der Waals surface area contributed by atoms with Gasteiger partial charge in [-0.15, -0.1) is 0 Å². The molecule has 24 heavy (non-hydrogen) atoms. The van der Waals surface area contributed by atoms with E-state index in [1.165, 1.54) is 7.11 Å². The van der Waals surface area contributed by atoms with Crippen molar-refractivity contribution in [3.63, 3.8) is 0 Å². The molecule has 0 radical (unpaired) electrons. The van der Waals surface area contributed by atoms with Crippen LogP contribution in [-0.2, 0) is 9.59 Å². The van der Waals surface area contributed by atoms with E-state index < -0.39 is 5.41 Å². The minimum atomic E-state index is -0.934. The molecule has 0 unspecified atom stereocenters. The van der Waals surface area contributed by atoms with Gasteiger partial charge in [0.1, 0.15) is 16.9 Å². The second kappa shape index (κ2) is 6.71. The Balaban J connectivity index is 1.71. The highest BCUT2D eigenvalue weighted by Gasteiger charge is 2.57. The summed E-state index contributed by atoms with van der Waals surface area (Å²) in [5, 5.41) is 5.88. The van der Waals surface area contributed by atoms with Crippen LogP contribution in [0.2, 0.25) is 0 Å². The van der Waals surface area contributed by atoms with Crippen molar-refractivity contribution < 1.29 is 19.1 Å². The van der Waals surface area contributed by atoms with Crippen LogP contribution < -0.4 is 20.1 Å². The Hall–Kier alpha value is -2.24. The summed E-state index contributed by atoms with van der Waals surface area (Å²) in [4.78, 5) is 25.3. The van der Waals surface area contributed by atoms with Crippen LogP contribution >= 0.6 is 0 Å². The maximum absolute atomic E-state index is 12.7. The molecule has 2 aliphatic carbocycles. The first-order valence-electron chi connectivity index (χ1n) is 8.43. The first-order valence-corrected chi connectivity index (χ1v) is 8.43. The largest absolute Gasteiger partial charge is 0.497 e. The average Bonchev–Trinajstić information content (AvgIpc) is 3.26. The standard InChI is InChI=1S/C18H24N2O4/c1-23-13-7-8-15(24-2)14(11-13)20-17(22)18(9-10-18)16(21)19-12-5-3-4-6-12/h7-8,11-12H,3-6,9-10H2,1-2H3,(H,19,21)(H,20,22). The predicted octanol–water partition coefficient (Wildman–Crippen LogP) is 2.48. The van der Waals surface area contributed by atoms with Gasteiger partial charge in [-0.25, -0.2) is 0 Å². The molecule has 2 amide bonds. The molecule has 0 atom stereocenters. The number of anilines is 1. The van der Waals surface area contributed by atoms with Crippen LogP contribution in [-0.4, -0.2) is 32.1 Å². The summed E-state index contributed by atoms with van der Waals surface area (Å²) in [5.41, 5.74) is -0.418. The summed E-state index contributed by atoms with van der Waals surface area (Å²) >= 11 is 0. The van der Waals surface area contributed by atoms with E-state index in [9.17, 15) is 9.59 Å². The van der Waals surface area contributed by atoms with Crippen molar-refractivity contribution in [2.45, 2.75) is 44.6 Å². The van der Waals surface area contributed by atoms with Gasteiger partial charge in [-0.2, -0.15) is 0 Å². The number of carbonyl (C=O) groups excluding carboxylic acids is 2. The first-order chi connectivity index (χ1) is 11.6. The normalized spacial score (nSPS) is 18.8. The van der Waals surface area contributed by atoms with Gasteiger partial charge in [0.05, 0.1) is 19.9 Å². The topological polar surface area (TPSA) is 76.7 Å². The first kappa shape index (κ1) is 16.6. The third-order valence-electron chi connectivity index (χ3n) is 4.96. The van der Waals surface area contributed by atoms with E-state index in [1.54, 1.807) is 25.3 Å². The molecule has 6 heteroatoms. The lowest BCUT2D eigenvalue weighted by Crippen LogP contribution is -2.43. The van der Waals surface area contributed by atoms with E-state index in [0.29, 0.717) is 30.0 Å². The van der Waals surface area contributed by atoms with Gasteiger partial charge < -0.3 is 20.1 Å². The van der Waals surface area contributed by atoms with Gasteiger partial charge in [0, 0.05) is 12.1 Å². The van der Waals surface area contributed by atoms with Crippen LogP contribution in [0.1, 0.15) is 38.5 Å². The molecule has 3 rings (SSSR count). The summed E-state index contributed by atoms with van der Waals surface area (Å²) < 4.78 is 10.5. The molecular weight excluding hydrogens is 308 g/mol. The minimum absolute atomic E-state index is 0.145. The molecule has 2 aliphatic rings. The van der Waals surface area contributed by atoms with E-state index in [2.05, 4.69) is 10.6 Å². The Morgan fingerprint density at radius 3 is 2.38 bits per heavy atom. The highest BCUT2D eigenvalue weighted by atomic mass is 16.5. The van der Waals surface area contributed by atoms with Gasteiger partial charge in [0.25, 0.3) is 0 Å². The second-order valence-corrected chi connectivity index (χ2v) is 6.56. The molecule has 1 aromatic carbocycles. The van der Waals surface area contributed by atoms with Gasteiger partial charge in [-0.1, -0.05) is 12.8 Å². The van der Waals surface area contributed by atoms with Crippen LogP contribution in [0.25, 0.3) is 0 Å². The van der Waals surface area contributed by atoms with E-state index in [4.69, 9.17) is 9.47 Å². The second-order valence-electron chi connectivity index (χ2n) is 6.56. The van der Waals surface area contributed by atoms with Gasteiger partial charge in [0.15, 0.2) is 0 Å². The summed E-state index contributed by atoms with van der Waals surface area (Å²) in [6.45, 7) is 0. The van der Waals surface area contributed by atoms with Crippen LogP contribution in [0.3, 0.4) is 0 Å². The van der Waals surface area contributed by atoms with E-state index in [1.807, 2.05) is 0 Å². The molecule has 2 saturated carbocycles. The summed E-state index contributed by atoms with van der Waals surface area (Å²) in [6.07, 6.45) is 5.48. The van der Waals surface area contributed by atoms with Crippen molar-refractivity contribution in [3.8, 4) is 11.5 Å². The molecule has 2 fully saturated rings. The third kappa shape index (κ3) is 3.18. The van der Waals surface area contributed by atoms with Crippen molar-refractivity contribution in [3.05, 3.63) is 18.2 Å². The zero-order valence-corrected chi connectivity index (χ0v) is 14.2. The Morgan fingerprint density at radius 1 is 1.08 bits per heavy atom. The van der Waals surface area contributed by atoms with Crippen LogP contribution in [0.15, 0.2) is 18.2 Å². The molecular formula is C18H24N2O4. The number of rotatable bonds is 6. The fourth-order valence-electron chi connectivity index (χ4n) is 3.23. The van der Waals surface area contributed by atoms with Crippen molar-refractivity contribution in [1.82, 2.24) is 5.32 Å². The molecule has 2 N–H and O–H groups in total. The van der Waals surface area contributed by atoms with Crippen molar-refractivity contribution in [2.75, 3.05) is 19.5 Å². The molecule has 0 spiro atoms. The van der Waals surface area contributed by atoms with Crippen molar-refractivity contribution in [1.29, 1.82) is 0 Å². The van der Waals surface area contributed by atoms with E-state index in [-0.39, 0.29) is 17.9 Å². The Labute approximate surface area is 141 Å². The minimum Gasteiger partial charge on any atom is -0.497 e. The third-order valence-corrected chi connectivity index (χ3v) is 4.96. The van der Waals surface area contributed by atoms with Gasteiger partial charge in [0.2, 0.25) is 11.8 Å². The summed E-state index contributed by atoms with van der Waals surface area (Å²) in [5.74, 6) is 0.737. The smallest absolute Gasteiger partial charge is 0.240 e. The van der Waals surface area contributed by atoms with Crippen LogP contribution in [0.5, 0.6) is 11.5 Å². The number of nitrogens with one attached hydrogen (secondary N) is 2. The average molecular weight is 332 g/mol. The van der Waals surface area contributed by atoms with Gasteiger partial charge >= 0.3 is 0 Å². The molecule has 0 heterocycles. The van der Waals surface area contributed by atoms with E-state index in [0.717, 1.165) is 25.7 Å². The lowest BCUT2D eigenvalue weighted by molar-refractivity contribution is -0.134. The fraction of sp³-hybridized carbons (Fsp3) is 0.556. The molecule has 0 aliphatic heterocycles. The molecule has 0 bridgehead atoms. The number of ether oxygens (including phenoxy) is 2. The Bertz CT molecular complexity index is 634. The van der Waals surface area contributed by atoms with Crippen LogP contribution in [0.4, 0.5) is 5.69 Å². The number of methoxy groups -OCH3 is 2. The summed E-state index contributed by atoms with van der Waals surface area (Å²) in [6, 6.07) is 5.40. The Kier molecular flexibility index (Phi) is 4.64.